The zero-order valence-electron chi connectivity index (χ0n) is 9.57. The third-order valence-electron chi connectivity index (χ3n) is 2.28. The van der Waals surface area contributed by atoms with Crippen LogP contribution >= 0.6 is 22.9 Å². The lowest BCUT2D eigenvalue weighted by Crippen LogP contribution is -2.10. The molecule has 6 heteroatoms. The summed E-state index contributed by atoms with van der Waals surface area (Å²) in [6.45, 7) is 0. The second kappa shape index (κ2) is 5.29. The molecule has 2 aromatic rings. The number of nitrogen functional groups attached to an aromatic ring is 1. The van der Waals surface area contributed by atoms with Gasteiger partial charge in [0, 0.05) is 5.69 Å². The maximum atomic E-state index is 11.9. The minimum Gasteiger partial charge on any atom is -0.495 e. The molecule has 0 saturated carbocycles. The number of hydrogen-bond donors (Lipinski definition) is 2. The Morgan fingerprint density at radius 2 is 2.17 bits per heavy atom. The van der Waals surface area contributed by atoms with Crippen LogP contribution in [0.1, 0.15) is 9.67 Å². The molecule has 0 fully saturated rings. The van der Waals surface area contributed by atoms with Gasteiger partial charge in [-0.3, -0.25) is 4.79 Å². The molecule has 0 spiro atoms. The van der Waals surface area contributed by atoms with Crippen LogP contribution in [0.2, 0.25) is 4.34 Å². The summed E-state index contributed by atoms with van der Waals surface area (Å²) in [4.78, 5) is 12.4. The summed E-state index contributed by atoms with van der Waals surface area (Å²) in [6, 6.07) is 8.43. The van der Waals surface area contributed by atoms with Crippen LogP contribution in [0.3, 0.4) is 0 Å². The van der Waals surface area contributed by atoms with Crippen LogP contribution in [-0.2, 0) is 0 Å². The summed E-state index contributed by atoms with van der Waals surface area (Å²) in [5, 5.41) is 2.74. The largest absolute Gasteiger partial charge is 0.495 e. The van der Waals surface area contributed by atoms with Gasteiger partial charge in [0.05, 0.1) is 22.0 Å². The SMILES string of the molecule is COc1ccc(NC(=O)c2ccc(Cl)s2)cc1N. The maximum Gasteiger partial charge on any atom is 0.265 e. The summed E-state index contributed by atoms with van der Waals surface area (Å²) in [6.07, 6.45) is 0. The van der Waals surface area contributed by atoms with Crippen molar-refractivity contribution in [1.29, 1.82) is 0 Å². The van der Waals surface area contributed by atoms with E-state index in [1.807, 2.05) is 0 Å². The van der Waals surface area contributed by atoms with Crippen molar-refractivity contribution in [3.63, 3.8) is 0 Å². The summed E-state index contributed by atoms with van der Waals surface area (Å²) >= 11 is 7.00. The van der Waals surface area contributed by atoms with Crippen LogP contribution in [0.4, 0.5) is 11.4 Å². The summed E-state index contributed by atoms with van der Waals surface area (Å²) in [5.41, 5.74) is 6.84. The quantitative estimate of drug-likeness (QED) is 0.850. The highest BCUT2D eigenvalue weighted by Crippen LogP contribution is 2.26. The van der Waals surface area contributed by atoms with Gasteiger partial charge >= 0.3 is 0 Å². The number of carbonyl (C=O) groups is 1. The molecule has 1 amide bonds. The van der Waals surface area contributed by atoms with E-state index in [1.54, 1.807) is 30.3 Å². The third-order valence-corrected chi connectivity index (χ3v) is 3.51. The predicted molar refractivity (Wildman–Crippen MR) is 74.7 cm³/mol. The first kappa shape index (κ1) is 12.7. The summed E-state index contributed by atoms with van der Waals surface area (Å²) in [7, 11) is 1.54. The number of rotatable bonds is 3. The van der Waals surface area contributed by atoms with Crippen molar-refractivity contribution in [2.75, 3.05) is 18.2 Å². The fourth-order valence-corrected chi connectivity index (χ4v) is 2.38. The van der Waals surface area contributed by atoms with Gasteiger partial charge in [-0.1, -0.05) is 11.6 Å². The monoisotopic (exact) mass is 282 g/mol. The Morgan fingerprint density at radius 3 is 2.72 bits per heavy atom. The first-order chi connectivity index (χ1) is 8.60. The molecule has 94 valence electrons. The lowest BCUT2D eigenvalue weighted by molar-refractivity contribution is 0.103. The van der Waals surface area contributed by atoms with E-state index in [0.717, 1.165) is 0 Å². The highest BCUT2D eigenvalue weighted by molar-refractivity contribution is 7.18. The predicted octanol–water partition coefficient (Wildman–Crippen LogP) is 3.24. The normalized spacial score (nSPS) is 10.1. The molecule has 18 heavy (non-hydrogen) atoms. The molecule has 0 aliphatic heterocycles. The van der Waals surface area contributed by atoms with E-state index in [2.05, 4.69) is 5.32 Å². The van der Waals surface area contributed by atoms with Gasteiger partial charge in [-0.05, 0) is 30.3 Å². The molecule has 1 aromatic carbocycles. The smallest absolute Gasteiger partial charge is 0.265 e. The van der Waals surface area contributed by atoms with E-state index in [9.17, 15) is 4.79 Å². The fraction of sp³-hybridized carbons (Fsp3) is 0.0833. The van der Waals surface area contributed by atoms with E-state index >= 15 is 0 Å². The molecule has 0 saturated heterocycles. The molecule has 0 radical (unpaired) electrons. The van der Waals surface area contributed by atoms with Gasteiger partial charge in [-0.25, -0.2) is 0 Å². The Morgan fingerprint density at radius 1 is 1.39 bits per heavy atom. The highest BCUT2D eigenvalue weighted by atomic mass is 35.5. The number of thiophene rings is 1. The number of benzene rings is 1. The van der Waals surface area contributed by atoms with Gasteiger partial charge in [0.15, 0.2) is 0 Å². The highest BCUT2D eigenvalue weighted by Gasteiger charge is 2.09. The van der Waals surface area contributed by atoms with Crippen molar-refractivity contribution < 1.29 is 9.53 Å². The number of carbonyl (C=O) groups excluding carboxylic acids is 1. The molecule has 1 heterocycles. The van der Waals surface area contributed by atoms with Crippen LogP contribution in [0.5, 0.6) is 5.75 Å². The average Bonchev–Trinajstić information content (AvgIpc) is 2.76. The van der Waals surface area contributed by atoms with Gasteiger partial charge in [0.1, 0.15) is 5.75 Å². The number of nitrogens with two attached hydrogens (primary N) is 1. The minimum absolute atomic E-state index is 0.212. The zero-order valence-corrected chi connectivity index (χ0v) is 11.1. The van der Waals surface area contributed by atoms with Crippen LogP contribution < -0.4 is 15.8 Å². The number of hydrogen-bond acceptors (Lipinski definition) is 4. The van der Waals surface area contributed by atoms with Gasteiger partial charge in [-0.2, -0.15) is 0 Å². The van der Waals surface area contributed by atoms with E-state index < -0.39 is 0 Å². The van der Waals surface area contributed by atoms with Gasteiger partial charge in [-0.15, -0.1) is 11.3 Å². The third kappa shape index (κ3) is 2.75. The first-order valence-corrected chi connectivity index (χ1v) is 6.30. The number of methoxy groups -OCH3 is 1. The number of amides is 1. The molecule has 0 aliphatic carbocycles. The van der Waals surface area contributed by atoms with Crippen molar-refractivity contribution in [3.05, 3.63) is 39.5 Å². The Labute approximate surface area is 113 Å². The Bertz CT molecular complexity index is 583. The van der Waals surface area contributed by atoms with Crippen molar-refractivity contribution in [2.24, 2.45) is 0 Å². The topological polar surface area (TPSA) is 64.3 Å². The Balaban J connectivity index is 2.14. The minimum atomic E-state index is -0.212. The van der Waals surface area contributed by atoms with Crippen LogP contribution in [-0.4, -0.2) is 13.0 Å². The Hall–Kier alpha value is -1.72. The molecular formula is C12H11ClN2O2S. The van der Waals surface area contributed by atoms with Crippen molar-refractivity contribution >= 4 is 40.2 Å². The number of nitrogens with one attached hydrogen (secondary N) is 1. The molecule has 3 N–H and O–H groups in total. The van der Waals surface area contributed by atoms with Crippen molar-refractivity contribution in [3.8, 4) is 5.75 Å². The van der Waals surface area contributed by atoms with E-state index in [0.29, 0.717) is 26.3 Å². The number of halogens is 1. The summed E-state index contributed by atoms with van der Waals surface area (Å²) < 4.78 is 5.62. The molecule has 0 unspecified atom stereocenters. The van der Waals surface area contributed by atoms with Gasteiger partial charge in [0.25, 0.3) is 5.91 Å². The number of ether oxygens (including phenoxy) is 1. The van der Waals surface area contributed by atoms with Crippen LogP contribution in [0.15, 0.2) is 30.3 Å². The Kier molecular flexibility index (Phi) is 3.74. The van der Waals surface area contributed by atoms with E-state index in [1.165, 1.54) is 18.4 Å². The molecule has 0 aliphatic rings. The maximum absolute atomic E-state index is 11.9. The van der Waals surface area contributed by atoms with Gasteiger partial charge < -0.3 is 15.8 Å². The standard InChI is InChI=1S/C12H11ClN2O2S/c1-17-9-3-2-7(6-8(9)14)15-12(16)10-4-5-11(13)18-10/h2-6H,14H2,1H3,(H,15,16). The first-order valence-electron chi connectivity index (χ1n) is 5.10. The molecule has 2 rings (SSSR count). The van der Waals surface area contributed by atoms with E-state index in [4.69, 9.17) is 22.1 Å². The van der Waals surface area contributed by atoms with Crippen molar-refractivity contribution in [1.82, 2.24) is 0 Å². The molecule has 4 nitrogen and oxygen atoms in total. The average molecular weight is 283 g/mol. The van der Waals surface area contributed by atoms with Crippen LogP contribution in [0, 0.1) is 0 Å². The zero-order chi connectivity index (χ0) is 13.1. The second-order valence-corrected chi connectivity index (χ2v) is 5.23. The van der Waals surface area contributed by atoms with Gasteiger partial charge in [0.2, 0.25) is 0 Å². The number of anilines is 2. The molecule has 1 aromatic heterocycles. The molecule has 0 bridgehead atoms. The lowest BCUT2D eigenvalue weighted by atomic mass is 10.2. The second-order valence-electron chi connectivity index (χ2n) is 3.51. The van der Waals surface area contributed by atoms with Crippen molar-refractivity contribution in [2.45, 2.75) is 0 Å². The van der Waals surface area contributed by atoms with E-state index in [-0.39, 0.29) is 5.91 Å². The van der Waals surface area contributed by atoms with Crippen LogP contribution in [0.25, 0.3) is 0 Å². The molecule has 0 atom stereocenters. The fourth-order valence-electron chi connectivity index (χ4n) is 1.44. The lowest BCUT2D eigenvalue weighted by Gasteiger charge is -2.07. The molecular weight excluding hydrogens is 272 g/mol. The summed E-state index contributed by atoms with van der Waals surface area (Å²) in [5.74, 6) is 0.364.